The molecule has 0 radical (unpaired) electrons. The second kappa shape index (κ2) is 9.00. The summed E-state index contributed by atoms with van der Waals surface area (Å²) < 4.78 is 5.77. The van der Waals surface area contributed by atoms with Crippen molar-refractivity contribution in [1.82, 2.24) is 4.90 Å². The van der Waals surface area contributed by atoms with Crippen molar-refractivity contribution in [2.24, 2.45) is 0 Å². The SMILES string of the molecule is CN(CCOC(=O)C1(c2ccccc2)CCCCC1)Cc1ccccc1. The van der Waals surface area contributed by atoms with Gasteiger partial charge in [0, 0.05) is 13.1 Å². The van der Waals surface area contributed by atoms with E-state index in [0.29, 0.717) is 6.61 Å². The minimum Gasteiger partial charge on any atom is -0.464 e. The van der Waals surface area contributed by atoms with Crippen LogP contribution < -0.4 is 0 Å². The average Bonchev–Trinajstić information content (AvgIpc) is 2.70. The first-order valence-electron chi connectivity index (χ1n) is 9.66. The van der Waals surface area contributed by atoms with E-state index >= 15 is 0 Å². The lowest BCUT2D eigenvalue weighted by Crippen LogP contribution is -2.40. The zero-order chi connectivity index (χ0) is 18.2. The molecule has 3 heteroatoms. The first kappa shape index (κ1) is 18.7. The maximum atomic E-state index is 13.0. The third-order valence-electron chi connectivity index (χ3n) is 5.43. The fourth-order valence-corrected chi connectivity index (χ4v) is 3.93. The number of hydrogen-bond donors (Lipinski definition) is 0. The van der Waals surface area contributed by atoms with Crippen LogP contribution >= 0.6 is 0 Å². The van der Waals surface area contributed by atoms with Crippen LogP contribution in [0.15, 0.2) is 60.7 Å². The Labute approximate surface area is 157 Å². The summed E-state index contributed by atoms with van der Waals surface area (Å²) in [6.45, 7) is 2.05. The van der Waals surface area contributed by atoms with Crippen LogP contribution in [0, 0.1) is 0 Å². The number of nitrogens with zero attached hydrogens (tertiary/aromatic N) is 1. The van der Waals surface area contributed by atoms with E-state index in [9.17, 15) is 4.79 Å². The van der Waals surface area contributed by atoms with Crippen LogP contribution in [0.2, 0.25) is 0 Å². The topological polar surface area (TPSA) is 29.5 Å². The predicted molar refractivity (Wildman–Crippen MR) is 105 cm³/mol. The van der Waals surface area contributed by atoms with Gasteiger partial charge in [-0.25, -0.2) is 0 Å². The Kier molecular flexibility index (Phi) is 6.45. The summed E-state index contributed by atoms with van der Waals surface area (Å²) in [6, 6.07) is 20.6. The van der Waals surface area contributed by atoms with Gasteiger partial charge in [0.2, 0.25) is 0 Å². The molecule has 0 amide bonds. The Hall–Kier alpha value is -2.13. The van der Waals surface area contributed by atoms with Crippen LogP contribution in [0.1, 0.15) is 43.2 Å². The van der Waals surface area contributed by atoms with Gasteiger partial charge in [-0.05, 0) is 31.0 Å². The van der Waals surface area contributed by atoms with Crippen LogP contribution in [0.5, 0.6) is 0 Å². The largest absolute Gasteiger partial charge is 0.464 e. The van der Waals surface area contributed by atoms with Crippen molar-refractivity contribution in [3.8, 4) is 0 Å². The summed E-state index contributed by atoms with van der Waals surface area (Å²) in [5.41, 5.74) is 1.94. The molecule has 0 unspecified atom stereocenters. The van der Waals surface area contributed by atoms with Gasteiger partial charge in [-0.3, -0.25) is 9.69 Å². The third-order valence-corrected chi connectivity index (χ3v) is 5.43. The summed E-state index contributed by atoms with van der Waals surface area (Å²) in [6.07, 6.45) is 5.20. The molecule has 26 heavy (non-hydrogen) atoms. The van der Waals surface area contributed by atoms with Crippen LogP contribution in [0.4, 0.5) is 0 Å². The highest BCUT2D eigenvalue weighted by Crippen LogP contribution is 2.40. The van der Waals surface area contributed by atoms with Gasteiger partial charge >= 0.3 is 5.97 Å². The van der Waals surface area contributed by atoms with Gasteiger partial charge in [-0.2, -0.15) is 0 Å². The Morgan fingerprint density at radius 2 is 1.58 bits per heavy atom. The monoisotopic (exact) mass is 351 g/mol. The van der Waals surface area contributed by atoms with Crippen molar-refractivity contribution in [3.63, 3.8) is 0 Å². The number of benzene rings is 2. The summed E-state index contributed by atoms with van der Waals surface area (Å²) in [5.74, 6) is -0.0449. The molecule has 1 aliphatic carbocycles. The van der Waals surface area contributed by atoms with E-state index in [1.807, 2.05) is 24.3 Å². The molecule has 3 nitrogen and oxygen atoms in total. The second-order valence-electron chi connectivity index (χ2n) is 7.37. The van der Waals surface area contributed by atoms with Gasteiger partial charge in [0.05, 0.1) is 5.41 Å². The van der Waals surface area contributed by atoms with Gasteiger partial charge in [0.15, 0.2) is 0 Å². The van der Waals surface area contributed by atoms with E-state index in [1.165, 1.54) is 12.0 Å². The Morgan fingerprint density at radius 1 is 0.962 bits per heavy atom. The smallest absolute Gasteiger partial charge is 0.316 e. The first-order valence-corrected chi connectivity index (χ1v) is 9.66. The Morgan fingerprint density at radius 3 is 2.23 bits per heavy atom. The molecule has 1 saturated carbocycles. The Bertz CT molecular complexity index is 678. The van der Waals surface area contributed by atoms with Crippen LogP contribution in [0.3, 0.4) is 0 Å². The molecule has 3 rings (SSSR count). The highest BCUT2D eigenvalue weighted by molar-refractivity contribution is 5.83. The lowest BCUT2D eigenvalue weighted by Gasteiger charge is -2.35. The molecule has 0 saturated heterocycles. The fraction of sp³-hybridized carbons (Fsp3) is 0.435. The van der Waals surface area contributed by atoms with E-state index < -0.39 is 5.41 Å². The molecular weight excluding hydrogens is 322 g/mol. The molecule has 0 aromatic heterocycles. The van der Waals surface area contributed by atoms with E-state index in [1.54, 1.807) is 0 Å². The normalized spacial score (nSPS) is 16.4. The van der Waals surface area contributed by atoms with Crippen molar-refractivity contribution in [2.45, 2.75) is 44.1 Å². The zero-order valence-corrected chi connectivity index (χ0v) is 15.7. The molecule has 0 atom stereocenters. The standard InChI is InChI=1S/C23H29NO2/c1-24(19-20-11-5-2-6-12-20)17-18-26-22(25)23(15-9-4-10-16-23)21-13-7-3-8-14-21/h2-3,5-8,11-14H,4,9-10,15-19H2,1H3. The molecule has 2 aromatic carbocycles. The molecule has 0 heterocycles. The lowest BCUT2D eigenvalue weighted by atomic mass is 9.69. The molecule has 0 spiro atoms. The maximum absolute atomic E-state index is 13.0. The third kappa shape index (κ3) is 4.53. The minimum atomic E-state index is -0.447. The minimum absolute atomic E-state index is 0.0449. The van der Waals surface area contributed by atoms with Crippen molar-refractivity contribution in [3.05, 3.63) is 71.8 Å². The molecule has 0 bridgehead atoms. The summed E-state index contributed by atoms with van der Waals surface area (Å²) in [4.78, 5) is 15.2. The van der Waals surface area contributed by atoms with Crippen molar-refractivity contribution in [2.75, 3.05) is 20.2 Å². The first-order chi connectivity index (χ1) is 12.7. The number of likely N-dealkylation sites (N-methyl/N-ethyl adjacent to an activating group) is 1. The summed E-state index contributed by atoms with van der Waals surface area (Å²) in [7, 11) is 2.06. The number of carbonyl (C=O) groups excluding carboxylic acids is 1. The number of hydrogen-bond acceptors (Lipinski definition) is 3. The average molecular weight is 351 g/mol. The van der Waals surface area contributed by atoms with E-state index in [0.717, 1.165) is 44.3 Å². The van der Waals surface area contributed by atoms with Gasteiger partial charge in [-0.15, -0.1) is 0 Å². The molecular formula is C23H29NO2. The number of carbonyl (C=O) groups is 1. The number of ether oxygens (including phenoxy) is 1. The van der Waals surface area contributed by atoms with Gasteiger partial charge in [-0.1, -0.05) is 79.9 Å². The summed E-state index contributed by atoms with van der Waals surface area (Å²) >= 11 is 0. The molecule has 1 aliphatic rings. The van der Waals surface area contributed by atoms with Gasteiger partial charge in [0.1, 0.15) is 6.61 Å². The van der Waals surface area contributed by atoms with E-state index in [-0.39, 0.29) is 5.97 Å². The second-order valence-corrected chi connectivity index (χ2v) is 7.37. The number of esters is 1. The van der Waals surface area contributed by atoms with E-state index in [4.69, 9.17) is 4.74 Å². The van der Waals surface area contributed by atoms with Gasteiger partial charge in [0.25, 0.3) is 0 Å². The zero-order valence-electron chi connectivity index (χ0n) is 15.7. The molecule has 1 fully saturated rings. The number of rotatable bonds is 7. The van der Waals surface area contributed by atoms with E-state index in [2.05, 4.69) is 48.3 Å². The molecule has 0 aliphatic heterocycles. The van der Waals surface area contributed by atoms with Crippen molar-refractivity contribution < 1.29 is 9.53 Å². The van der Waals surface area contributed by atoms with Gasteiger partial charge < -0.3 is 4.74 Å². The van der Waals surface area contributed by atoms with Crippen LogP contribution in [0.25, 0.3) is 0 Å². The molecule has 138 valence electrons. The maximum Gasteiger partial charge on any atom is 0.316 e. The quantitative estimate of drug-likeness (QED) is 0.685. The highest BCUT2D eigenvalue weighted by Gasteiger charge is 2.42. The Balaban J connectivity index is 1.57. The van der Waals surface area contributed by atoms with Crippen molar-refractivity contribution in [1.29, 1.82) is 0 Å². The molecule has 2 aromatic rings. The predicted octanol–water partition coefficient (Wildman–Crippen LogP) is 4.56. The van der Waals surface area contributed by atoms with Crippen LogP contribution in [-0.4, -0.2) is 31.1 Å². The lowest BCUT2D eigenvalue weighted by molar-refractivity contribution is -0.152. The fourth-order valence-electron chi connectivity index (χ4n) is 3.93. The van der Waals surface area contributed by atoms with Crippen LogP contribution in [-0.2, 0) is 21.5 Å². The highest BCUT2D eigenvalue weighted by atomic mass is 16.5. The molecule has 0 N–H and O–H groups in total. The summed E-state index contributed by atoms with van der Waals surface area (Å²) in [5, 5.41) is 0. The van der Waals surface area contributed by atoms with Crippen molar-refractivity contribution >= 4 is 5.97 Å².